The van der Waals surface area contributed by atoms with Crippen LogP contribution in [0.1, 0.15) is 23.9 Å². The van der Waals surface area contributed by atoms with Gasteiger partial charge in [0.2, 0.25) is 0 Å². The number of fused-ring (bicyclic) bond motifs is 1. The zero-order chi connectivity index (χ0) is 14.8. The molecule has 2 heteroatoms. The Morgan fingerprint density at radius 2 is 1.76 bits per heavy atom. The van der Waals surface area contributed by atoms with E-state index in [0.717, 1.165) is 12.2 Å². The van der Waals surface area contributed by atoms with Crippen LogP contribution in [0.4, 0.5) is 5.69 Å². The van der Waals surface area contributed by atoms with E-state index >= 15 is 0 Å². The van der Waals surface area contributed by atoms with Crippen molar-refractivity contribution < 1.29 is 0 Å². The molecule has 0 saturated heterocycles. The standard InChI is InChI=1S/C19H20N2/c1-4-21-14(2)11-18(15(21)3)13-20-19-10-9-16-7-5-6-8-17(16)12-19/h5-13H,4H2,1-3H3. The Hall–Kier alpha value is -2.35. The Bertz CT molecular complexity index is 810. The molecule has 106 valence electrons. The number of rotatable bonds is 3. The topological polar surface area (TPSA) is 17.3 Å². The van der Waals surface area contributed by atoms with Crippen LogP contribution in [-0.2, 0) is 6.54 Å². The number of aliphatic imine (C=N–C) groups is 1. The van der Waals surface area contributed by atoms with Crippen LogP contribution in [0.5, 0.6) is 0 Å². The monoisotopic (exact) mass is 276 g/mol. The highest BCUT2D eigenvalue weighted by atomic mass is 15.0. The molecule has 0 N–H and O–H groups in total. The Kier molecular flexibility index (Phi) is 3.61. The molecule has 1 heterocycles. The molecule has 3 aromatic rings. The van der Waals surface area contributed by atoms with Crippen molar-refractivity contribution in [2.24, 2.45) is 4.99 Å². The molecule has 0 spiro atoms. The second-order valence-electron chi connectivity index (χ2n) is 5.36. The van der Waals surface area contributed by atoms with Crippen LogP contribution in [0.2, 0.25) is 0 Å². The van der Waals surface area contributed by atoms with E-state index in [1.807, 2.05) is 6.21 Å². The van der Waals surface area contributed by atoms with Crippen molar-refractivity contribution in [1.29, 1.82) is 0 Å². The van der Waals surface area contributed by atoms with E-state index in [1.54, 1.807) is 0 Å². The Morgan fingerprint density at radius 3 is 2.48 bits per heavy atom. The van der Waals surface area contributed by atoms with Crippen LogP contribution in [0.3, 0.4) is 0 Å². The van der Waals surface area contributed by atoms with Crippen LogP contribution in [0.15, 0.2) is 53.5 Å². The summed E-state index contributed by atoms with van der Waals surface area (Å²) in [6, 6.07) is 16.9. The van der Waals surface area contributed by atoms with Crippen molar-refractivity contribution in [1.82, 2.24) is 4.57 Å². The van der Waals surface area contributed by atoms with E-state index in [1.165, 1.54) is 27.7 Å². The van der Waals surface area contributed by atoms with Gasteiger partial charge in [0.1, 0.15) is 0 Å². The maximum absolute atomic E-state index is 4.64. The third-order valence-electron chi connectivity index (χ3n) is 4.01. The van der Waals surface area contributed by atoms with Gasteiger partial charge in [-0.3, -0.25) is 4.99 Å². The molecule has 1 aromatic heterocycles. The maximum atomic E-state index is 4.64. The van der Waals surface area contributed by atoms with Gasteiger partial charge in [0.05, 0.1) is 5.69 Å². The van der Waals surface area contributed by atoms with Crippen LogP contribution in [0, 0.1) is 13.8 Å². The second kappa shape index (κ2) is 5.57. The normalized spacial score (nSPS) is 11.6. The van der Waals surface area contributed by atoms with Gasteiger partial charge in [-0.25, -0.2) is 0 Å². The van der Waals surface area contributed by atoms with Crippen molar-refractivity contribution in [2.75, 3.05) is 0 Å². The first kappa shape index (κ1) is 13.6. The first-order valence-corrected chi connectivity index (χ1v) is 7.38. The molecule has 0 aliphatic heterocycles. The largest absolute Gasteiger partial charge is 0.349 e. The molecule has 0 saturated carbocycles. The summed E-state index contributed by atoms with van der Waals surface area (Å²) in [4.78, 5) is 4.64. The van der Waals surface area contributed by atoms with Gasteiger partial charge < -0.3 is 4.57 Å². The fourth-order valence-electron chi connectivity index (χ4n) is 2.85. The molecule has 0 unspecified atom stereocenters. The summed E-state index contributed by atoms with van der Waals surface area (Å²) in [5.41, 5.74) is 4.76. The van der Waals surface area contributed by atoms with Crippen LogP contribution in [-0.4, -0.2) is 10.8 Å². The second-order valence-corrected chi connectivity index (χ2v) is 5.36. The van der Waals surface area contributed by atoms with Gasteiger partial charge in [0, 0.05) is 29.7 Å². The molecule has 2 nitrogen and oxygen atoms in total. The lowest BCUT2D eigenvalue weighted by Gasteiger charge is -2.04. The number of aromatic nitrogens is 1. The van der Waals surface area contributed by atoms with Crippen LogP contribution >= 0.6 is 0 Å². The van der Waals surface area contributed by atoms with Crippen molar-refractivity contribution in [3.8, 4) is 0 Å². The molecule has 3 rings (SSSR count). The highest BCUT2D eigenvalue weighted by Gasteiger charge is 2.05. The fourth-order valence-corrected chi connectivity index (χ4v) is 2.85. The lowest BCUT2D eigenvalue weighted by Crippen LogP contribution is -1.99. The van der Waals surface area contributed by atoms with Gasteiger partial charge in [-0.2, -0.15) is 0 Å². The third kappa shape index (κ3) is 2.62. The predicted octanol–water partition coefficient (Wildman–Crippen LogP) is 5.03. The van der Waals surface area contributed by atoms with E-state index < -0.39 is 0 Å². The fraction of sp³-hybridized carbons (Fsp3) is 0.211. The number of hydrogen-bond donors (Lipinski definition) is 0. The van der Waals surface area contributed by atoms with Gasteiger partial charge >= 0.3 is 0 Å². The Labute approximate surface area is 125 Å². The summed E-state index contributed by atoms with van der Waals surface area (Å²) >= 11 is 0. The van der Waals surface area contributed by atoms with Gasteiger partial charge in [-0.05, 0) is 49.7 Å². The number of hydrogen-bond acceptors (Lipinski definition) is 1. The van der Waals surface area contributed by atoms with Crippen molar-refractivity contribution >= 4 is 22.7 Å². The van der Waals surface area contributed by atoms with Crippen LogP contribution < -0.4 is 0 Å². The summed E-state index contributed by atoms with van der Waals surface area (Å²) in [7, 11) is 0. The molecule has 0 amide bonds. The zero-order valence-electron chi connectivity index (χ0n) is 12.8. The third-order valence-corrected chi connectivity index (χ3v) is 4.01. The van der Waals surface area contributed by atoms with Gasteiger partial charge in [-0.15, -0.1) is 0 Å². The van der Waals surface area contributed by atoms with Crippen molar-refractivity contribution in [2.45, 2.75) is 27.3 Å². The first-order chi connectivity index (χ1) is 10.2. The molecule has 0 aliphatic carbocycles. The molecule has 0 fully saturated rings. The van der Waals surface area contributed by atoms with E-state index in [-0.39, 0.29) is 0 Å². The molecule has 21 heavy (non-hydrogen) atoms. The lowest BCUT2D eigenvalue weighted by atomic mass is 10.1. The lowest BCUT2D eigenvalue weighted by molar-refractivity contribution is 0.718. The number of nitrogens with zero attached hydrogens (tertiary/aromatic N) is 2. The molecular weight excluding hydrogens is 256 g/mol. The van der Waals surface area contributed by atoms with Crippen molar-refractivity contribution in [3.05, 3.63) is 65.5 Å². The molecule has 0 atom stereocenters. The summed E-state index contributed by atoms with van der Waals surface area (Å²) < 4.78 is 2.31. The maximum Gasteiger partial charge on any atom is 0.0636 e. The molecule has 2 aromatic carbocycles. The number of aryl methyl sites for hydroxylation is 1. The minimum absolute atomic E-state index is 0.995. The summed E-state index contributed by atoms with van der Waals surface area (Å²) in [6.45, 7) is 7.47. The average Bonchev–Trinajstić information content (AvgIpc) is 2.78. The zero-order valence-corrected chi connectivity index (χ0v) is 12.8. The predicted molar refractivity (Wildman–Crippen MR) is 90.8 cm³/mol. The minimum Gasteiger partial charge on any atom is -0.349 e. The van der Waals surface area contributed by atoms with Gasteiger partial charge in [0.25, 0.3) is 0 Å². The number of benzene rings is 2. The van der Waals surface area contributed by atoms with E-state index in [2.05, 4.69) is 78.9 Å². The van der Waals surface area contributed by atoms with E-state index in [0.29, 0.717) is 0 Å². The Morgan fingerprint density at radius 1 is 1.00 bits per heavy atom. The smallest absolute Gasteiger partial charge is 0.0636 e. The molecule has 0 bridgehead atoms. The highest BCUT2D eigenvalue weighted by molar-refractivity contribution is 5.88. The highest BCUT2D eigenvalue weighted by Crippen LogP contribution is 2.21. The van der Waals surface area contributed by atoms with Crippen molar-refractivity contribution in [3.63, 3.8) is 0 Å². The van der Waals surface area contributed by atoms with Gasteiger partial charge in [-0.1, -0.05) is 30.3 Å². The first-order valence-electron chi connectivity index (χ1n) is 7.38. The summed E-state index contributed by atoms with van der Waals surface area (Å²) in [5, 5.41) is 2.48. The van der Waals surface area contributed by atoms with E-state index in [4.69, 9.17) is 0 Å². The molecular formula is C19H20N2. The molecule has 0 aliphatic rings. The van der Waals surface area contributed by atoms with E-state index in [9.17, 15) is 0 Å². The van der Waals surface area contributed by atoms with Crippen LogP contribution in [0.25, 0.3) is 10.8 Å². The SMILES string of the molecule is CCn1c(C)cc(C=Nc2ccc3ccccc3c2)c1C. The summed E-state index contributed by atoms with van der Waals surface area (Å²) in [6.07, 6.45) is 1.97. The minimum atomic E-state index is 0.995. The quantitative estimate of drug-likeness (QED) is 0.597. The summed E-state index contributed by atoms with van der Waals surface area (Å²) in [5.74, 6) is 0. The Balaban J connectivity index is 1.94. The average molecular weight is 276 g/mol. The molecule has 0 radical (unpaired) electrons. The van der Waals surface area contributed by atoms with Gasteiger partial charge in [0.15, 0.2) is 0 Å².